The fourth-order valence-corrected chi connectivity index (χ4v) is 2.16. The van der Waals surface area contributed by atoms with E-state index in [0.717, 1.165) is 0 Å². The lowest BCUT2D eigenvalue weighted by molar-refractivity contribution is -0.142. The van der Waals surface area contributed by atoms with Gasteiger partial charge in [0.25, 0.3) is 0 Å². The van der Waals surface area contributed by atoms with E-state index in [1.54, 1.807) is 0 Å². The first kappa shape index (κ1) is 12.3. The number of carbonyl (C=O) groups is 1. The van der Waals surface area contributed by atoms with Gasteiger partial charge in [-0.1, -0.05) is 0 Å². The predicted molar refractivity (Wildman–Crippen MR) is 64.0 cm³/mol. The Bertz CT molecular complexity index is 443. The summed E-state index contributed by atoms with van der Waals surface area (Å²) in [6.07, 6.45) is 1.05. The average molecular weight is 253 g/mol. The molecule has 6 heteroatoms. The van der Waals surface area contributed by atoms with Crippen molar-refractivity contribution in [2.45, 2.75) is 12.8 Å². The first-order valence-electron chi connectivity index (χ1n) is 5.71. The van der Waals surface area contributed by atoms with Crippen molar-refractivity contribution < 1.29 is 25.2 Å². The number of hydrogen-bond acceptors (Lipinski definition) is 5. The maximum Gasteiger partial charge on any atom is 0.306 e. The van der Waals surface area contributed by atoms with E-state index in [-0.39, 0.29) is 17.4 Å². The lowest BCUT2D eigenvalue weighted by Gasteiger charge is -2.32. The standard InChI is InChI=1S/C12H15NO5/c14-9-5-8(6-10(15)11(9)16)13-3-1-7(2-4-13)12(17)18/h5-7,14-16H,1-4H2,(H,17,18). The molecule has 0 aliphatic carbocycles. The summed E-state index contributed by atoms with van der Waals surface area (Å²) in [5, 5.41) is 37.0. The number of carboxylic acid groups (broad SMARTS) is 1. The molecule has 98 valence electrons. The van der Waals surface area contributed by atoms with Crippen LogP contribution in [0.4, 0.5) is 5.69 Å². The van der Waals surface area contributed by atoms with Crippen LogP contribution in [-0.2, 0) is 4.79 Å². The zero-order valence-corrected chi connectivity index (χ0v) is 9.70. The van der Waals surface area contributed by atoms with Crippen LogP contribution >= 0.6 is 0 Å². The van der Waals surface area contributed by atoms with E-state index >= 15 is 0 Å². The van der Waals surface area contributed by atoms with E-state index in [4.69, 9.17) is 5.11 Å². The number of aromatic hydroxyl groups is 3. The molecule has 0 unspecified atom stereocenters. The molecule has 1 fully saturated rings. The molecule has 0 spiro atoms. The number of rotatable bonds is 2. The smallest absolute Gasteiger partial charge is 0.306 e. The topological polar surface area (TPSA) is 101 Å². The first-order valence-corrected chi connectivity index (χ1v) is 5.71. The minimum atomic E-state index is -0.786. The molecule has 1 aliphatic heterocycles. The molecule has 0 radical (unpaired) electrons. The molecule has 1 aliphatic rings. The van der Waals surface area contributed by atoms with Crippen LogP contribution in [0.25, 0.3) is 0 Å². The van der Waals surface area contributed by atoms with E-state index in [0.29, 0.717) is 31.6 Å². The van der Waals surface area contributed by atoms with Crippen molar-refractivity contribution in [2.24, 2.45) is 5.92 Å². The van der Waals surface area contributed by atoms with E-state index in [9.17, 15) is 20.1 Å². The Morgan fingerprint density at radius 3 is 2.06 bits per heavy atom. The van der Waals surface area contributed by atoms with Crippen LogP contribution in [0.15, 0.2) is 12.1 Å². The fraction of sp³-hybridized carbons (Fsp3) is 0.417. The highest BCUT2D eigenvalue weighted by Gasteiger charge is 2.25. The summed E-state index contributed by atoms with van der Waals surface area (Å²) in [7, 11) is 0. The number of aliphatic carboxylic acids is 1. The third-order valence-corrected chi connectivity index (χ3v) is 3.26. The van der Waals surface area contributed by atoms with Crippen LogP contribution in [0.5, 0.6) is 17.2 Å². The third-order valence-electron chi connectivity index (χ3n) is 3.26. The van der Waals surface area contributed by atoms with Gasteiger partial charge in [0.1, 0.15) is 0 Å². The van der Waals surface area contributed by atoms with Crippen molar-refractivity contribution >= 4 is 11.7 Å². The molecule has 0 amide bonds. The van der Waals surface area contributed by atoms with Gasteiger partial charge in [0.15, 0.2) is 17.2 Å². The van der Waals surface area contributed by atoms with E-state index in [2.05, 4.69) is 0 Å². The van der Waals surface area contributed by atoms with Gasteiger partial charge in [0, 0.05) is 30.9 Å². The van der Waals surface area contributed by atoms with Crippen LogP contribution in [0.3, 0.4) is 0 Å². The van der Waals surface area contributed by atoms with Crippen molar-refractivity contribution in [3.8, 4) is 17.2 Å². The molecule has 0 aromatic heterocycles. The first-order chi connectivity index (χ1) is 8.49. The Morgan fingerprint density at radius 2 is 1.61 bits per heavy atom. The van der Waals surface area contributed by atoms with E-state index < -0.39 is 11.7 Å². The number of benzene rings is 1. The second-order valence-corrected chi connectivity index (χ2v) is 4.43. The monoisotopic (exact) mass is 253 g/mol. The van der Waals surface area contributed by atoms with Gasteiger partial charge in [0.2, 0.25) is 0 Å². The van der Waals surface area contributed by atoms with Crippen molar-refractivity contribution in [3.63, 3.8) is 0 Å². The molecule has 0 bridgehead atoms. The number of hydrogen-bond donors (Lipinski definition) is 4. The maximum absolute atomic E-state index is 10.8. The van der Waals surface area contributed by atoms with Crippen LogP contribution in [0, 0.1) is 5.92 Å². The number of piperidine rings is 1. The Labute approximate surface area is 104 Å². The summed E-state index contributed by atoms with van der Waals surface area (Å²) in [6.45, 7) is 1.08. The highest BCUT2D eigenvalue weighted by Crippen LogP contribution is 2.39. The molecule has 0 atom stereocenters. The lowest BCUT2D eigenvalue weighted by Crippen LogP contribution is -2.36. The van der Waals surface area contributed by atoms with Gasteiger partial charge in [-0.2, -0.15) is 0 Å². The maximum atomic E-state index is 10.8. The van der Waals surface area contributed by atoms with Crippen LogP contribution < -0.4 is 4.90 Å². The molecule has 1 heterocycles. The molecular formula is C12H15NO5. The molecule has 0 saturated carbocycles. The Balaban J connectivity index is 2.12. The van der Waals surface area contributed by atoms with Gasteiger partial charge >= 0.3 is 5.97 Å². The van der Waals surface area contributed by atoms with Crippen LogP contribution in [0.1, 0.15) is 12.8 Å². The second-order valence-electron chi connectivity index (χ2n) is 4.43. The molecule has 1 aromatic rings. The lowest BCUT2D eigenvalue weighted by atomic mass is 9.96. The minimum Gasteiger partial charge on any atom is -0.504 e. The summed E-state index contributed by atoms with van der Waals surface area (Å²) in [6, 6.07) is 2.71. The average Bonchev–Trinajstić information content (AvgIpc) is 2.35. The third kappa shape index (κ3) is 2.27. The van der Waals surface area contributed by atoms with Crippen molar-refractivity contribution in [1.29, 1.82) is 0 Å². The Kier molecular flexibility index (Phi) is 3.18. The number of nitrogens with zero attached hydrogens (tertiary/aromatic N) is 1. The number of phenolic OH excluding ortho intramolecular Hbond substituents is 3. The largest absolute Gasteiger partial charge is 0.504 e. The second kappa shape index (κ2) is 4.64. The zero-order chi connectivity index (χ0) is 13.3. The van der Waals surface area contributed by atoms with Crippen molar-refractivity contribution in [2.75, 3.05) is 18.0 Å². The Morgan fingerprint density at radius 1 is 1.11 bits per heavy atom. The number of carboxylic acids is 1. The SMILES string of the molecule is O=C(O)C1CCN(c2cc(O)c(O)c(O)c2)CC1. The minimum absolute atomic E-state index is 0.333. The molecule has 18 heavy (non-hydrogen) atoms. The highest BCUT2D eigenvalue weighted by molar-refractivity contribution is 5.70. The summed E-state index contributed by atoms with van der Waals surface area (Å²) >= 11 is 0. The van der Waals surface area contributed by atoms with Gasteiger partial charge in [-0.05, 0) is 12.8 Å². The molecule has 1 saturated heterocycles. The van der Waals surface area contributed by atoms with Crippen molar-refractivity contribution in [1.82, 2.24) is 0 Å². The normalized spacial score (nSPS) is 16.8. The van der Waals surface area contributed by atoms with Gasteiger partial charge in [-0.25, -0.2) is 0 Å². The predicted octanol–water partition coefficient (Wildman–Crippen LogP) is 1.10. The van der Waals surface area contributed by atoms with Gasteiger partial charge in [0.05, 0.1) is 5.92 Å². The van der Waals surface area contributed by atoms with Crippen LogP contribution in [0.2, 0.25) is 0 Å². The summed E-state index contributed by atoms with van der Waals surface area (Å²) in [5.74, 6) is -2.43. The van der Waals surface area contributed by atoms with E-state index in [1.165, 1.54) is 12.1 Å². The molecule has 1 aromatic carbocycles. The van der Waals surface area contributed by atoms with E-state index in [1.807, 2.05) is 4.90 Å². The quantitative estimate of drug-likeness (QED) is 0.589. The van der Waals surface area contributed by atoms with Gasteiger partial charge < -0.3 is 25.3 Å². The zero-order valence-electron chi connectivity index (χ0n) is 9.70. The Hall–Kier alpha value is -2.11. The summed E-state index contributed by atoms with van der Waals surface area (Å²) in [5.41, 5.74) is 0.576. The molecular weight excluding hydrogens is 238 g/mol. The van der Waals surface area contributed by atoms with Gasteiger partial charge in [-0.15, -0.1) is 0 Å². The fourth-order valence-electron chi connectivity index (χ4n) is 2.16. The summed E-state index contributed by atoms with van der Waals surface area (Å²) < 4.78 is 0. The molecule has 6 nitrogen and oxygen atoms in total. The number of phenols is 3. The molecule has 2 rings (SSSR count). The van der Waals surface area contributed by atoms with Crippen LogP contribution in [-0.4, -0.2) is 39.5 Å². The number of anilines is 1. The highest BCUT2D eigenvalue weighted by atomic mass is 16.4. The van der Waals surface area contributed by atoms with Crippen molar-refractivity contribution in [3.05, 3.63) is 12.1 Å². The molecule has 4 N–H and O–H groups in total. The van der Waals surface area contributed by atoms with Gasteiger partial charge in [-0.3, -0.25) is 4.79 Å². The summed E-state index contributed by atoms with van der Waals surface area (Å²) in [4.78, 5) is 12.7.